The van der Waals surface area contributed by atoms with Crippen LogP contribution in [0.15, 0.2) is 24.3 Å². The smallest absolute Gasteiger partial charge is 0.399 e. The summed E-state index contributed by atoms with van der Waals surface area (Å²) in [4.78, 5) is 24.7. The lowest BCUT2D eigenvalue weighted by Crippen LogP contribution is -2.41. The normalized spacial score (nSPS) is 23.0. The van der Waals surface area contributed by atoms with Crippen molar-refractivity contribution in [2.75, 3.05) is 0 Å². The van der Waals surface area contributed by atoms with Gasteiger partial charge < -0.3 is 9.31 Å². The predicted octanol–water partition coefficient (Wildman–Crippen LogP) is 1.63. The zero-order chi connectivity index (χ0) is 16.8. The van der Waals surface area contributed by atoms with E-state index in [2.05, 4.69) is 0 Å². The number of carbonyl (C=O) groups excluding carboxylic acids is 2. The van der Waals surface area contributed by atoms with E-state index in [-0.39, 0.29) is 23.0 Å². The second-order valence-corrected chi connectivity index (χ2v) is 7.20. The number of carbonyl (C=O) groups is 2. The van der Waals surface area contributed by atoms with E-state index in [0.29, 0.717) is 19.4 Å². The van der Waals surface area contributed by atoms with Gasteiger partial charge in [0.2, 0.25) is 11.8 Å². The molecule has 122 valence electrons. The first kappa shape index (κ1) is 16.2. The summed E-state index contributed by atoms with van der Waals surface area (Å²) in [6, 6.07) is 7.70. The third-order valence-corrected chi connectivity index (χ3v) is 5.00. The number of benzene rings is 1. The highest BCUT2D eigenvalue weighted by Crippen LogP contribution is 2.36. The van der Waals surface area contributed by atoms with Gasteiger partial charge in [-0.2, -0.15) is 0 Å². The second kappa shape index (κ2) is 5.46. The third kappa shape index (κ3) is 2.93. The van der Waals surface area contributed by atoms with Crippen molar-refractivity contribution >= 4 is 24.4 Å². The van der Waals surface area contributed by atoms with Crippen LogP contribution >= 0.6 is 0 Å². The van der Waals surface area contributed by atoms with Gasteiger partial charge in [0.15, 0.2) is 0 Å². The SMILES string of the molecule is CC1(C)OB(c2ccc(CN3C(=O)CCC3=O)cc2)OC1(C)C. The average Bonchev–Trinajstić information content (AvgIpc) is 2.89. The van der Waals surface area contributed by atoms with Crippen LogP contribution in [-0.2, 0) is 25.4 Å². The fourth-order valence-corrected chi connectivity index (χ4v) is 2.74. The van der Waals surface area contributed by atoms with E-state index < -0.39 is 7.12 Å². The summed E-state index contributed by atoms with van der Waals surface area (Å²) in [5, 5.41) is 0. The van der Waals surface area contributed by atoms with Gasteiger partial charge >= 0.3 is 7.12 Å². The zero-order valence-electron chi connectivity index (χ0n) is 14.1. The molecule has 5 nitrogen and oxygen atoms in total. The molecule has 23 heavy (non-hydrogen) atoms. The Hall–Kier alpha value is -1.66. The van der Waals surface area contributed by atoms with E-state index in [0.717, 1.165) is 11.0 Å². The average molecular weight is 315 g/mol. The van der Waals surface area contributed by atoms with Crippen molar-refractivity contribution in [3.8, 4) is 0 Å². The Morgan fingerprint density at radius 1 is 0.957 bits per heavy atom. The second-order valence-electron chi connectivity index (χ2n) is 7.20. The summed E-state index contributed by atoms with van der Waals surface area (Å²) in [7, 11) is -0.399. The third-order valence-electron chi connectivity index (χ3n) is 5.00. The first-order valence-corrected chi connectivity index (χ1v) is 7.97. The van der Waals surface area contributed by atoms with Crippen molar-refractivity contribution in [2.45, 2.75) is 58.3 Å². The van der Waals surface area contributed by atoms with Gasteiger partial charge in [0, 0.05) is 12.8 Å². The zero-order valence-corrected chi connectivity index (χ0v) is 14.1. The Bertz CT molecular complexity index is 606. The molecule has 0 aromatic heterocycles. The van der Waals surface area contributed by atoms with Crippen LogP contribution < -0.4 is 5.46 Å². The van der Waals surface area contributed by atoms with Gasteiger partial charge in [0.1, 0.15) is 0 Å². The number of hydrogen-bond acceptors (Lipinski definition) is 4. The molecule has 0 atom stereocenters. The summed E-state index contributed by atoms with van der Waals surface area (Å²) in [6.45, 7) is 8.41. The summed E-state index contributed by atoms with van der Waals surface area (Å²) >= 11 is 0. The largest absolute Gasteiger partial charge is 0.494 e. The number of rotatable bonds is 3. The van der Waals surface area contributed by atoms with Crippen molar-refractivity contribution < 1.29 is 18.9 Å². The van der Waals surface area contributed by atoms with Crippen LogP contribution in [-0.4, -0.2) is 35.0 Å². The molecule has 0 radical (unpaired) electrons. The molecule has 2 aliphatic heterocycles. The molecule has 1 aromatic rings. The molecule has 2 fully saturated rings. The molecule has 2 amide bonds. The van der Waals surface area contributed by atoms with E-state index in [4.69, 9.17) is 9.31 Å². The summed E-state index contributed by atoms with van der Waals surface area (Å²) in [5.41, 5.74) is 1.12. The molecule has 0 unspecified atom stereocenters. The number of hydrogen-bond donors (Lipinski definition) is 0. The van der Waals surface area contributed by atoms with Crippen LogP contribution in [0.1, 0.15) is 46.1 Å². The Balaban J connectivity index is 1.71. The first-order chi connectivity index (χ1) is 10.7. The summed E-state index contributed by atoms with van der Waals surface area (Å²) < 4.78 is 12.0. The highest BCUT2D eigenvalue weighted by molar-refractivity contribution is 6.62. The first-order valence-electron chi connectivity index (χ1n) is 7.97. The Kier molecular flexibility index (Phi) is 3.85. The monoisotopic (exact) mass is 315 g/mol. The van der Waals surface area contributed by atoms with E-state index in [9.17, 15) is 9.59 Å². The molecule has 2 aliphatic rings. The fourth-order valence-electron chi connectivity index (χ4n) is 2.74. The van der Waals surface area contributed by atoms with Gasteiger partial charge in [-0.05, 0) is 38.7 Å². The van der Waals surface area contributed by atoms with Crippen LogP contribution in [0.25, 0.3) is 0 Å². The fraction of sp³-hybridized carbons (Fsp3) is 0.529. The maximum absolute atomic E-state index is 11.7. The standard InChI is InChI=1S/C17H22BNO4/c1-16(2)17(3,4)23-18(22-16)13-7-5-12(6-8-13)11-19-14(20)9-10-15(19)21/h5-8H,9-11H2,1-4H3. The van der Waals surface area contributed by atoms with Crippen molar-refractivity contribution in [1.29, 1.82) is 0 Å². The van der Waals surface area contributed by atoms with E-state index >= 15 is 0 Å². The molecule has 2 heterocycles. The number of nitrogens with zero attached hydrogens (tertiary/aromatic N) is 1. The number of imide groups is 1. The number of amides is 2. The highest BCUT2D eigenvalue weighted by Gasteiger charge is 2.51. The van der Waals surface area contributed by atoms with Crippen molar-refractivity contribution in [2.24, 2.45) is 0 Å². The molecule has 2 saturated heterocycles. The lowest BCUT2D eigenvalue weighted by atomic mass is 9.79. The molecule has 0 N–H and O–H groups in total. The van der Waals surface area contributed by atoms with Crippen LogP contribution in [0.4, 0.5) is 0 Å². The van der Waals surface area contributed by atoms with Crippen molar-refractivity contribution in [3.63, 3.8) is 0 Å². The minimum atomic E-state index is -0.399. The van der Waals surface area contributed by atoms with Gasteiger partial charge in [-0.3, -0.25) is 14.5 Å². The Labute approximate surface area is 137 Å². The molecular formula is C17H22BNO4. The maximum Gasteiger partial charge on any atom is 0.494 e. The van der Waals surface area contributed by atoms with Crippen LogP contribution in [0.2, 0.25) is 0 Å². The van der Waals surface area contributed by atoms with Crippen LogP contribution in [0.3, 0.4) is 0 Å². The summed E-state index contributed by atoms with van der Waals surface area (Å²) in [6.07, 6.45) is 0.648. The molecule has 6 heteroatoms. The molecule has 3 rings (SSSR count). The Morgan fingerprint density at radius 3 is 1.91 bits per heavy atom. The molecule has 0 spiro atoms. The van der Waals surface area contributed by atoms with E-state index in [1.807, 2.05) is 52.0 Å². The number of likely N-dealkylation sites (tertiary alicyclic amines) is 1. The minimum Gasteiger partial charge on any atom is -0.399 e. The van der Waals surface area contributed by atoms with E-state index in [1.54, 1.807) is 0 Å². The van der Waals surface area contributed by atoms with Gasteiger partial charge in [-0.1, -0.05) is 24.3 Å². The molecular weight excluding hydrogens is 293 g/mol. The van der Waals surface area contributed by atoms with Crippen molar-refractivity contribution in [1.82, 2.24) is 4.90 Å². The molecule has 0 bridgehead atoms. The lowest BCUT2D eigenvalue weighted by molar-refractivity contribution is -0.139. The highest BCUT2D eigenvalue weighted by atomic mass is 16.7. The van der Waals surface area contributed by atoms with Gasteiger partial charge in [-0.25, -0.2) is 0 Å². The predicted molar refractivity (Wildman–Crippen MR) is 86.9 cm³/mol. The van der Waals surface area contributed by atoms with Gasteiger partial charge in [0.25, 0.3) is 0 Å². The van der Waals surface area contributed by atoms with Crippen molar-refractivity contribution in [3.05, 3.63) is 29.8 Å². The summed E-state index contributed by atoms with van der Waals surface area (Å²) in [5.74, 6) is -0.185. The van der Waals surface area contributed by atoms with Gasteiger partial charge in [-0.15, -0.1) is 0 Å². The molecule has 0 saturated carbocycles. The topological polar surface area (TPSA) is 55.8 Å². The Morgan fingerprint density at radius 2 is 1.43 bits per heavy atom. The molecule has 1 aromatic carbocycles. The quantitative estimate of drug-likeness (QED) is 0.628. The maximum atomic E-state index is 11.7. The molecule has 0 aliphatic carbocycles. The van der Waals surface area contributed by atoms with E-state index in [1.165, 1.54) is 4.90 Å². The minimum absolute atomic E-state index is 0.0926. The van der Waals surface area contributed by atoms with Gasteiger partial charge in [0.05, 0.1) is 17.7 Å². The van der Waals surface area contributed by atoms with Crippen LogP contribution in [0.5, 0.6) is 0 Å². The lowest BCUT2D eigenvalue weighted by Gasteiger charge is -2.32. The van der Waals surface area contributed by atoms with Crippen LogP contribution in [0, 0.1) is 0 Å².